The summed E-state index contributed by atoms with van der Waals surface area (Å²) < 4.78 is 4.93. The van der Waals surface area contributed by atoms with Crippen LogP contribution in [-0.2, 0) is 9.53 Å². The fourth-order valence-corrected chi connectivity index (χ4v) is 3.27. The summed E-state index contributed by atoms with van der Waals surface area (Å²) in [6.07, 6.45) is 0. The van der Waals surface area contributed by atoms with Gasteiger partial charge in [0.15, 0.2) is 0 Å². The van der Waals surface area contributed by atoms with Gasteiger partial charge >= 0.3 is 5.97 Å². The van der Waals surface area contributed by atoms with Crippen molar-refractivity contribution in [2.45, 2.75) is 17.7 Å². The Morgan fingerprint density at radius 3 is 2.57 bits per heavy atom. The second-order valence-electron chi connectivity index (χ2n) is 4.77. The van der Waals surface area contributed by atoms with Crippen LogP contribution in [0.2, 0.25) is 0 Å². The summed E-state index contributed by atoms with van der Waals surface area (Å²) in [5.74, 6) is 0.137. The SMILES string of the molecule is COC(=O)C(CSc1cccc(N)c1C)c1ccccc1. The van der Waals surface area contributed by atoms with Gasteiger partial charge in [0, 0.05) is 16.3 Å². The third kappa shape index (κ3) is 3.79. The van der Waals surface area contributed by atoms with Gasteiger partial charge in [-0.05, 0) is 30.2 Å². The maximum Gasteiger partial charge on any atom is 0.313 e. The van der Waals surface area contributed by atoms with E-state index in [1.807, 2.05) is 55.5 Å². The van der Waals surface area contributed by atoms with Crippen LogP contribution in [0, 0.1) is 6.92 Å². The van der Waals surface area contributed by atoms with Crippen LogP contribution in [0.3, 0.4) is 0 Å². The maximum atomic E-state index is 12.0. The van der Waals surface area contributed by atoms with E-state index in [1.165, 1.54) is 7.11 Å². The smallest absolute Gasteiger partial charge is 0.313 e. The first-order valence-electron chi connectivity index (χ1n) is 6.74. The van der Waals surface area contributed by atoms with Crippen molar-refractivity contribution in [3.8, 4) is 0 Å². The first-order valence-corrected chi connectivity index (χ1v) is 7.72. The van der Waals surface area contributed by atoms with Crippen LogP contribution >= 0.6 is 11.8 Å². The van der Waals surface area contributed by atoms with Crippen LogP contribution in [-0.4, -0.2) is 18.8 Å². The van der Waals surface area contributed by atoms with E-state index in [1.54, 1.807) is 11.8 Å². The number of hydrogen-bond acceptors (Lipinski definition) is 4. The lowest BCUT2D eigenvalue weighted by Crippen LogP contribution is -2.16. The largest absolute Gasteiger partial charge is 0.469 e. The van der Waals surface area contributed by atoms with Crippen molar-refractivity contribution in [1.82, 2.24) is 0 Å². The molecular weight excluding hydrogens is 282 g/mol. The van der Waals surface area contributed by atoms with Crippen LogP contribution in [0.4, 0.5) is 5.69 Å². The van der Waals surface area contributed by atoms with Gasteiger partial charge in [0.05, 0.1) is 13.0 Å². The van der Waals surface area contributed by atoms with Gasteiger partial charge < -0.3 is 10.5 Å². The number of rotatable bonds is 5. The van der Waals surface area contributed by atoms with Gasteiger partial charge in [0.25, 0.3) is 0 Å². The molecule has 2 aromatic carbocycles. The minimum Gasteiger partial charge on any atom is -0.469 e. The Labute approximate surface area is 129 Å². The summed E-state index contributed by atoms with van der Waals surface area (Å²) in [5.41, 5.74) is 8.72. The van der Waals surface area contributed by atoms with Crippen LogP contribution in [0.25, 0.3) is 0 Å². The number of esters is 1. The molecule has 0 spiro atoms. The molecule has 21 heavy (non-hydrogen) atoms. The molecule has 2 N–H and O–H groups in total. The van der Waals surface area contributed by atoms with Gasteiger partial charge in [-0.2, -0.15) is 0 Å². The lowest BCUT2D eigenvalue weighted by molar-refractivity contribution is -0.141. The molecule has 1 unspecified atom stereocenters. The minimum atomic E-state index is -0.276. The highest BCUT2D eigenvalue weighted by Gasteiger charge is 2.21. The van der Waals surface area contributed by atoms with Crippen molar-refractivity contribution in [3.63, 3.8) is 0 Å². The second-order valence-corrected chi connectivity index (χ2v) is 5.83. The summed E-state index contributed by atoms with van der Waals surface area (Å²) in [5, 5.41) is 0. The number of carbonyl (C=O) groups is 1. The van der Waals surface area contributed by atoms with Gasteiger partial charge in [0.1, 0.15) is 0 Å². The Morgan fingerprint density at radius 1 is 1.19 bits per heavy atom. The normalized spacial score (nSPS) is 11.9. The standard InChI is InChI=1S/C17H19NO2S/c1-12-15(18)9-6-10-16(12)21-11-14(17(19)20-2)13-7-4-3-5-8-13/h3-10,14H,11,18H2,1-2H3. The van der Waals surface area contributed by atoms with Crippen molar-refractivity contribution in [2.75, 3.05) is 18.6 Å². The predicted octanol–water partition coefficient (Wildman–Crippen LogP) is 3.63. The molecule has 0 radical (unpaired) electrons. The molecule has 0 saturated carbocycles. The molecule has 2 aromatic rings. The molecule has 0 fully saturated rings. The number of hydrogen-bond donors (Lipinski definition) is 1. The molecule has 0 saturated heterocycles. The Bertz CT molecular complexity index is 613. The molecule has 0 heterocycles. The molecule has 0 aliphatic rings. The van der Waals surface area contributed by atoms with Crippen LogP contribution in [0.5, 0.6) is 0 Å². The van der Waals surface area contributed by atoms with Crippen molar-refractivity contribution < 1.29 is 9.53 Å². The number of benzene rings is 2. The highest BCUT2D eigenvalue weighted by atomic mass is 32.2. The van der Waals surface area contributed by atoms with Gasteiger partial charge in [0.2, 0.25) is 0 Å². The summed E-state index contributed by atoms with van der Waals surface area (Å²) in [6, 6.07) is 15.5. The Morgan fingerprint density at radius 2 is 1.90 bits per heavy atom. The fraction of sp³-hybridized carbons (Fsp3) is 0.235. The van der Waals surface area contributed by atoms with Crippen LogP contribution in [0.1, 0.15) is 17.0 Å². The van der Waals surface area contributed by atoms with Gasteiger partial charge in [-0.3, -0.25) is 4.79 Å². The Balaban J connectivity index is 2.17. The Hall–Kier alpha value is -1.94. The van der Waals surface area contributed by atoms with E-state index >= 15 is 0 Å². The summed E-state index contributed by atoms with van der Waals surface area (Å²) in [6.45, 7) is 1.99. The van der Waals surface area contributed by atoms with Crippen molar-refractivity contribution >= 4 is 23.4 Å². The number of nitrogens with two attached hydrogens (primary N) is 1. The average Bonchev–Trinajstić information content (AvgIpc) is 2.52. The minimum absolute atomic E-state index is 0.213. The monoisotopic (exact) mass is 301 g/mol. The third-order valence-corrected chi connectivity index (χ3v) is 4.67. The third-order valence-electron chi connectivity index (χ3n) is 3.42. The molecule has 0 bridgehead atoms. The second kappa shape index (κ2) is 7.18. The van der Waals surface area contributed by atoms with Crippen LogP contribution < -0.4 is 5.73 Å². The van der Waals surface area contributed by atoms with Gasteiger partial charge in [-0.15, -0.1) is 11.8 Å². The Kier molecular flexibility index (Phi) is 5.28. The van der Waals surface area contributed by atoms with E-state index in [9.17, 15) is 4.79 Å². The molecule has 0 amide bonds. The average molecular weight is 301 g/mol. The number of methoxy groups -OCH3 is 1. The summed E-state index contributed by atoms with van der Waals surface area (Å²) in [7, 11) is 1.43. The number of ether oxygens (including phenoxy) is 1. The first-order chi connectivity index (χ1) is 10.1. The predicted molar refractivity (Wildman–Crippen MR) is 87.5 cm³/mol. The van der Waals surface area contributed by atoms with Crippen molar-refractivity contribution in [2.24, 2.45) is 0 Å². The van der Waals surface area contributed by atoms with Gasteiger partial charge in [-0.25, -0.2) is 0 Å². The van der Waals surface area contributed by atoms with E-state index in [0.717, 1.165) is 21.7 Å². The van der Waals surface area contributed by atoms with Gasteiger partial charge in [-0.1, -0.05) is 36.4 Å². The fourth-order valence-electron chi connectivity index (χ4n) is 2.09. The molecule has 0 aromatic heterocycles. The quantitative estimate of drug-likeness (QED) is 0.520. The van der Waals surface area contributed by atoms with E-state index < -0.39 is 0 Å². The van der Waals surface area contributed by atoms with E-state index in [2.05, 4.69) is 0 Å². The number of nitrogen functional groups attached to an aromatic ring is 1. The molecular formula is C17H19NO2S. The first kappa shape index (κ1) is 15.4. The number of anilines is 1. The maximum absolute atomic E-state index is 12.0. The molecule has 0 aliphatic carbocycles. The molecule has 1 atom stereocenters. The van der Waals surface area contributed by atoms with E-state index in [4.69, 9.17) is 10.5 Å². The zero-order valence-electron chi connectivity index (χ0n) is 12.2. The molecule has 2 rings (SSSR count). The molecule has 110 valence electrons. The molecule has 0 aliphatic heterocycles. The molecule has 3 nitrogen and oxygen atoms in total. The summed E-state index contributed by atoms with van der Waals surface area (Å²) >= 11 is 1.63. The van der Waals surface area contributed by atoms with E-state index in [0.29, 0.717) is 5.75 Å². The topological polar surface area (TPSA) is 52.3 Å². The lowest BCUT2D eigenvalue weighted by Gasteiger charge is -2.15. The van der Waals surface area contributed by atoms with Crippen molar-refractivity contribution in [1.29, 1.82) is 0 Å². The lowest BCUT2D eigenvalue weighted by atomic mass is 10.0. The number of carbonyl (C=O) groups excluding carboxylic acids is 1. The highest BCUT2D eigenvalue weighted by Crippen LogP contribution is 2.31. The summed E-state index contributed by atoms with van der Waals surface area (Å²) in [4.78, 5) is 13.1. The zero-order valence-corrected chi connectivity index (χ0v) is 13.0. The van der Waals surface area contributed by atoms with E-state index in [-0.39, 0.29) is 11.9 Å². The number of thioether (sulfide) groups is 1. The van der Waals surface area contributed by atoms with Crippen molar-refractivity contribution in [3.05, 3.63) is 59.7 Å². The molecule has 4 heteroatoms. The zero-order chi connectivity index (χ0) is 15.2. The highest BCUT2D eigenvalue weighted by molar-refractivity contribution is 7.99. The van der Waals surface area contributed by atoms with Crippen LogP contribution in [0.15, 0.2) is 53.4 Å².